The lowest BCUT2D eigenvalue weighted by Crippen LogP contribution is -2.32. The molecule has 3 aromatic rings. The van der Waals surface area contributed by atoms with Gasteiger partial charge >= 0.3 is 0 Å². The summed E-state index contributed by atoms with van der Waals surface area (Å²) in [4.78, 5) is 25.5. The zero-order chi connectivity index (χ0) is 30.9. The van der Waals surface area contributed by atoms with Crippen molar-refractivity contribution in [2.45, 2.75) is 123 Å². The Morgan fingerprint density at radius 3 is 2.12 bits per heavy atom. The second kappa shape index (κ2) is 18.9. The van der Waals surface area contributed by atoms with Gasteiger partial charge in [0.05, 0.1) is 18.4 Å². The summed E-state index contributed by atoms with van der Waals surface area (Å²) < 4.78 is 13.2. The first kappa shape index (κ1) is 34.0. The lowest BCUT2D eigenvalue weighted by molar-refractivity contribution is -0.122. The minimum absolute atomic E-state index is 0.191. The highest BCUT2D eigenvalue weighted by molar-refractivity contribution is 5.94. The van der Waals surface area contributed by atoms with Crippen LogP contribution in [0.5, 0.6) is 11.6 Å². The number of benzene rings is 2. The maximum Gasteiger partial charge on any atom is 0.275 e. The van der Waals surface area contributed by atoms with Gasteiger partial charge in [-0.3, -0.25) is 14.7 Å². The van der Waals surface area contributed by atoms with E-state index in [4.69, 9.17) is 9.47 Å². The van der Waals surface area contributed by atoms with Crippen LogP contribution in [-0.2, 0) is 4.79 Å². The van der Waals surface area contributed by atoms with Gasteiger partial charge in [0.1, 0.15) is 5.75 Å². The second-order valence-electron chi connectivity index (χ2n) is 11.4. The molecule has 7 nitrogen and oxygen atoms in total. The SMILES string of the molecule is CCCCCCCCCCCCC(CC)c1ccccc1OC(CC)C(=O)Nc1ccc(-n2[nH]c(OCC)cc2=O)cc1. The van der Waals surface area contributed by atoms with Crippen molar-refractivity contribution in [1.82, 2.24) is 9.78 Å². The average Bonchev–Trinajstić information content (AvgIpc) is 3.39. The summed E-state index contributed by atoms with van der Waals surface area (Å²) in [5, 5.41) is 5.92. The predicted molar refractivity (Wildman–Crippen MR) is 177 cm³/mol. The van der Waals surface area contributed by atoms with E-state index in [0.29, 0.717) is 36.2 Å². The highest BCUT2D eigenvalue weighted by Crippen LogP contribution is 2.34. The zero-order valence-corrected chi connectivity index (χ0v) is 26.8. The molecule has 0 bridgehead atoms. The molecule has 0 fully saturated rings. The summed E-state index contributed by atoms with van der Waals surface area (Å²) in [7, 11) is 0. The van der Waals surface area contributed by atoms with Crippen molar-refractivity contribution in [2.75, 3.05) is 11.9 Å². The molecule has 2 N–H and O–H groups in total. The Bertz CT molecular complexity index is 1260. The van der Waals surface area contributed by atoms with Gasteiger partial charge in [-0.15, -0.1) is 0 Å². The van der Waals surface area contributed by atoms with Crippen LogP contribution in [0.2, 0.25) is 0 Å². The number of carbonyl (C=O) groups is 1. The third-order valence-corrected chi connectivity index (χ3v) is 8.08. The van der Waals surface area contributed by atoms with E-state index in [1.165, 1.54) is 80.5 Å². The molecule has 0 saturated heterocycles. The van der Waals surface area contributed by atoms with E-state index in [2.05, 4.69) is 36.4 Å². The number of para-hydroxylation sites is 1. The molecule has 2 unspecified atom stereocenters. The van der Waals surface area contributed by atoms with Crippen LogP contribution in [0.4, 0.5) is 5.69 Å². The normalized spacial score (nSPS) is 12.6. The van der Waals surface area contributed by atoms with Crippen LogP contribution in [-0.4, -0.2) is 28.4 Å². The number of nitrogens with one attached hydrogen (secondary N) is 2. The maximum atomic E-state index is 13.2. The maximum absolute atomic E-state index is 13.2. The third kappa shape index (κ3) is 10.9. The molecule has 1 amide bonds. The standard InChI is InChI=1S/C36H53N3O4/c1-5-9-10-11-12-13-14-15-16-17-20-28(6-2)31-21-18-19-22-33(31)43-32(7-3)36(41)37-29-23-25-30(26-24-29)39-35(40)27-34(38-39)42-8-4/h18-19,21-28,32,38H,5-17,20H2,1-4H3,(H,37,41). The number of ether oxygens (including phenoxy) is 2. The Labute approximate surface area is 258 Å². The number of anilines is 1. The van der Waals surface area contributed by atoms with Crippen molar-refractivity contribution < 1.29 is 14.3 Å². The number of aromatic amines is 1. The number of hydrogen-bond donors (Lipinski definition) is 2. The average molecular weight is 592 g/mol. The molecule has 0 aliphatic rings. The minimum atomic E-state index is -0.615. The fraction of sp³-hybridized carbons (Fsp3) is 0.556. The molecule has 0 saturated carbocycles. The summed E-state index contributed by atoms with van der Waals surface area (Å²) in [6.45, 7) is 8.80. The van der Waals surface area contributed by atoms with Crippen LogP contribution >= 0.6 is 0 Å². The van der Waals surface area contributed by atoms with E-state index in [-0.39, 0.29) is 11.5 Å². The fourth-order valence-corrected chi connectivity index (χ4v) is 5.57. The highest BCUT2D eigenvalue weighted by Gasteiger charge is 2.22. The van der Waals surface area contributed by atoms with E-state index >= 15 is 0 Å². The smallest absolute Gasteiger partial charge is 0.275 e. The van der Waals surface area contributed by atoms with Crippen molar-refractivity contribution in [3.05, 3.63) is 70.5 Å². The van der Waals surface area contributed by atoms with Gasteiger partial charge in [0, 0.05) is 5.69 Å². The Hall–Kier alpha value is -3.48. The molecule has 2 atom stereocenters. The number of hydrogen-bond acceptors (Lipinski definition) is 4. The van der Waals surface area contributed by atoms with Crippen LogP contribution in [0.15, 0.2) is 59.4 Å². The summed E-state index contributed by atoms with van der Waals surface area (Å²) in [6, 6.07) is 16.7. The molecule has 236 valence electrons. The Morgan fingerprint density at radius 1 is 0.837 bits per heavy atom. The minimum Gasteiger partial charge on any atom is -0.480 e. The molecule has 7 heteroatoms. The van der Waals surface area contributed by atoms with Gasteiger partial charge < -0.3 is 14.8 Å². The number of nitrogens with zero attached hydrogens (tertiary/aromatic N) is 1. The molecular formula is C36H53N3O4. The van der Waals surface area contributed by atoms with Crippen molar-refractivity contribution in [3.8, 4) is 17.3 Å². The number of carbonyl (C=O) groups excluding carboxylic acids is 1. The van der Waals surface area contributed by atoms with E-state index in [1.54, 1.807) is 24.3 Å². The lowest BCUT2D eigenvalue weighted by atomic mass is 9.90. The van der Waals surface area contributed by atoms with Gasteiger partial charge in [0.15, 0.2) is 6.10 Å². The van der Waals surface area contributed by atoms with Crippen LogP contribution < -0.4 is 20.3 Å². The Morgan fingerprint density at radius 2 is 1.49 bits per heavy atom. The number of aromatic nitrogens is 2. The van der Waals surface area contributed by atoms with Crippen molar-refractivity contribution in [3.63, 3.8) is 0 Å². The first-order valence-corrected chi connectivity index (χ1v) is 16.6. The van der Waals surface area contributed by atoms with Crippen molar-refractivity contribution >= 4 is 11.6 Å². The van der Waals surface area contributed by atoms with Crippen LogP contribution in [0, 0.1) is 0 Å². The number of rotatable bonds is 21. The number of H-pyrrole nitrogens is 1. The van der Waals surface area contributed by atoms with E-state index < -0.39 is 6.10 Å². The number of unbranched alkanes of at least 4 members (excludes halogenated alkanes) is 9. The van der Waals surface area contributed by atoms with Gasteiger partial charge in [-0.1, -0.05) is 103 Å². The topological polar surface area (TPSA) is 85.3 Å². The fourth-order valence-electron chi connectivity index (χ4n) is 5.57. The molecule has 1 aromatic heterocycles. The zero-order valence-electron chi connectivity index (χ0n) is 26.8. The first-order chi connectivity index (χ1) is 21.0. The molecular weight excluding hydrogens is 538 g/mol. The molecule has 0 aliphatic carbocycles. The lowest BCUT2D eigenvalue weighted by Gasteiger charge is -2.23. The molecule has 43 heavy (non-hydrogen) atoms. The second-order valence-corrected chi connectivity index (χ2v) is 11.4. The van der Waals surface area contributed by atoms with Gasteiger partial charge in [-0.25, -0.2) is 4.68 Å². The van der Waals surface area contributed by atoms with E-state index in [0.717, 1.165) is 18.6 Å². The summed E-state index contributed by atoms with van der Waals surface area (Å²) in [5.74, 6) is 1.44. The first-order valence-electron chi connectivity index (χ1n) is 16.6. The molecule has 0 radical (unpaired) electrons. The number of amides is 1. The van der Waals surface area contributed by atoms with E-state index in [9.17, 15) is 9.59 Å². The molecule has 3 rings (SSSR count). The molecule has 0 spiro atoms. The van der Waals surface area contributed by atoms with Crippen LogP contribution in [0.25, 0.3) is 5.69 Å². The van der Waals surface area contributed by atoms with Crippen LogP contribution in [0.3, 0.4) is 0 Å². The summed E-state index contributed by atoms with van der Waals surface area (Å²) in [6.07, 6.45) is 15.5. The van der Waals surface area contributed by atoms with Crippen LogP contribution in [0.1, 0.15) is 123 Å². The van der Waals surface area contributed by atoms with Crippen molar-refractivity contribution in [2.24, 2.45) is 0 Å². The van der Waals surface area contributed by atoms with E-state index in [1.807, 2.05) is 26.0 Å². The summed E-state index contributed by atoms with van der Waals surface area (Å²) in [5.41, 5.74) is 2.27. The van der Waals surface area contributed by atoms with Gasteiger partial charge in [0.2, 0.25) is 5.88 Å². The van der Waals surface area contributed by atoms with Gasteiger partial charge in [0.25, 0.3) is 11.5 Å². The predicted octanol–water partition coefficient (Wildman–Crippen LogP) is 9.17. The monoisotopic (exact) mass is 591 g/mol. The molecule has 0 aliphatic heterocycles. The summed E-state index contributed by atoms with van der Waals surface area (Å²) >= 11 is 0. The largest absolute Gasteiger partial charge is 0.480 e. The Balaban J connectivity index is 1.53. The van der Waals surface area contributed by atoms with Gasteiger partial charge in [-0.2, -0.15) is 0 Å². The van der Waals surface area contributed by atoms with Crippen molar-refractivity contribution in [1.29, 1.82) is 0 Å². The highest BCUT2D eigenvalue weighted by atomic mass is 16.5. The van der Waals surface area contributed by atoms with Gasteiger partial charge in [-0.05, 0) is 68.0 Å². The Kier molecular flexibility index (Phi) is 15.0. The molecule has 1 heterocycles. The quantitative estimate of drug-likeness (QED) is 0.121. The molecule has 2 aromatic carbocycles. The third-order valence-electron chi connectivity index (χ3n) is 8.08.